The number of hydrogen-bond donors (Lipinski definition) is 0. The summed E-state index contributed by atoms with van der Waals surface area (Å²) in [5.74, 6) is 1.31. The number of pyridine rings is 1. The van der Waals surface area contributed by atoms with Crippen LogP contribution < -0.4 is 4.74 Å². The van der Waals surface area contributed by atoms with E-state index in [4.69, 9.17) is 9.73 Å². The van der Waals surface area contributed by atoms with Gasteiger partial charge in [0.1, 0.15) is 0 Å². The van der Waals surface area contributed by atoms with Crippen molar-refractivity contribution in [3.8, 4) is 17.1 Å². The van der Waals surface area contributed by atoms with Crippen LogP contribution in [-0.4, -0.2) is 27.8 Å². The fourth-order valence-corrected chi connectivity index (χ4v) is 2.59. The summed E-state index contributed by atoms with van der Waals surface area (Å²) in [5.41, 5.74) is 5.23. The molecular weight excluding hydrogens is 288 g/mol. The summed E-state index contributed by atoms with van der Waals surface area (Å²) in [5, 5.41) is 0. The van der Waals surface area contributed by atoms with Gasteiger partial charge in [0, 0.05) is 29.9 Å². The number of hydrogen-bond acceptors (Lipinski definition) is 5. The molecule has 4 rings (SSSR count). The quantitative estimate of drug-likeness (QED) is 0.745. The van der Waals surface area contributed by atoms with E-state index in [1.54, 1.807) is 25.7 Å². The number of ether oxygens (including phenoxy) is 1. The third kappa shape index (κ3) is 2.57. The molecule has 0 N–H and O–H groups in total. The third-order valence-electron chi connectivity index (χ3n) is 3.82. The van der Waals surface area contributed by atoms with E-state index in [9.17, 15) is 0 Å². The lowest BCUT2D eigenvalue weighted by atomic mass is 10.0. The molecule has 0 saturated carbocycles. The Bertz CT molecular complexity index is 873. The van der Waals surface area contributed by atoms with E-state index in [1.807, 2.05) is 30.5 Å². The van der Waals surface area contributed by atoms with Gasteiger partial charge in [-0.15, -0.1) is 0 Å². The number of benzene rings is 1. The molecule has 2 aromatic heterocycles. The minimum Gasteiger partial charge on any atom is -0.494 e. The van der Waals surface area contributed by atoms with E-state index in [1.165, 1.54) is 5.56 Å². The van der Waals surface area contributed by atoms with Crippen LogP contribution in [0.2, 0.25) is 0 Å². The van der Waals surface area contributed by atoms with Gasteiger partial charge in [0.05, 0.1) is 30.9 Å². The van der Waals surface area contributed by atoms with Gasteiger partial charge >= 0.3 is 0 Å². The first-order valence-electron chi connectivity index (χ1n) is 7.31. The molecule has 1 aliphatic heterocycles. The fourth-order valence-electron chi connectivity index (χ4n) is 2.59. The number of methoxy groups -OCH3 is 1. The minimum absolute atomic E-state index is 0.645. The molecule has 0 spiro atoms. The molecule has 5 nitrogen and oxygen atoms in total. The first-order chi connectivity index (χ1) is 11.3. The lowest BCUT2D eigenvalue weighted by Gasteiger charge is -2.03. The molecule has 3 heterocycles. The minimum atomic E-state index is 0.645. The van der Waals surface area contributed by atoms with Crippen LogP contribution in [0.4, 0.5) is 5.69 Å². The van der Waals surface area contributed by atoms with Crippen LogP contribution in [0.5, 0.6) is 5.75 Å². The van der Waals surface area contributed by atoms with E-state index >= 15 is 0 Å². The zero-order chi connectivity index (χ0) is 15.6. The van der Waals surface area contributed by atoms with Crippen LogP contribution in [-0.2, 0) is 6.42 Å². The maximum absolute atomic E-state index is 5.09. The van der Waals surface area contributed by atoms with Crippen molar-refractivity contribution < 1.29 is 4.74 Å². The van der Waals surface area contributed by atoms with Gasteiger partial charge in [-0.2, -0.15) is 0 Å². The number of fused-ring (bicyclic) bond motifs is 1. The number of rotatable bonds is 3. The van der Waals surface area contributed by atoms with Gasteiger partial charge in [-0.3, -0.25) is 9.98 Å². The zero-order valence-electron chi connectivity index (χ0n) is 12.6. The maximum Gasteiger partial charge on any atom is 0.159 e. The summed E-state index contributed by atoms with van der Waals surface area (Å²) in [7, 11) is 1.60. The Morgan fingerprint density at radius 3 is 2.61 bits per heavy atom. The molecule has 0 atom stereocenters. The van der Waals surface area contributed by atoms with Crippen molar-refractivity contribution in [3.05, 3.63) is 66.2 Å². The van der Waals surface area contributed by atoms with Gasteiger partial charge in [-0.1, -0.05) is 18.2 Å². The Hall–Kier alpha value is -3.08. The van der Waals surface area contributed by atoms with Crippen LogP contribution in [0, 0.1) is 0 Å². The smallest absolute Gasteiger partial charge is 0.159 e. The molecule has 0 unspecified atom stereocenters. The second-order valence-electron chi connectivity index (χ2n) is 5.27. The molecule has 0 amide bonds. The summed E-state index contributed by atoms with van der Waals surface area (Å²) in [6, 6.07) is 10.1. The Morgan fingerprint density at radius 2 is 1.87 bits per heavy atom. The van der Waals surface area contributed by atoms with Gasteiger partial charge in [0.15, 0.2) is 11.6 Å². The molecule has 0 bridgehead atoms. The van der Waals surface area contributed by atoms with Crippen molar-refractivity contribution in [1.29, 1.82) is 0 Å². The monoisotopic (exact) mass is 302 g/mol. The molecule has 3 aromatic rings. The maximum atomic E-state index is 5.09. The number of aromatic nitrogens is 3. The van der Waals surface area contributed by atoms with E-state index in [0.717, 1.165) is 28.9 Å². The highest BCUT2D eigenvalue weighted by molar-refractivity contribution is 6.06. The van der Waals surface area contributed by atoms with Crippen molar-refractivity contribution >= 4 is 11.4 Å². The van der Waals surface area contributed by atoms with Crippen LogP contribution >= 0.6 is 0 Å². The van der Waals surface area contributed by atoms with Crippen LogP contribution in [0.25, 0.3) is 11.4 Å². The predicted octanol–water partition coefficient (Wildman–Crippen LogP) is 3.22. The summed E-state index contributed by atoms with van der Waals surface area (Å²) >= 11 is 0. The second kappa shape index (κ2) is 5.61. The normalized spacial score (nSPS) is 12.7. The van der Waals surface area contributed by atoms with Crippen molar-refractivity contribution in [2.24, 2.45) is 4.99 Å². The molecular formula is C18H14N4O. The van der Waals surface area contributed by atoms with E-state index in [0.29, 0.717) is 11.6 Å². The Kier molecular flexibility index (Phi) is 3.31. The summed E-state index contributed by atoms with van der Waals surface area (Å²) in [4.78, 5) is 17.6. The van der Waals surface area contributed by atoms with Crippen molar-refractivity contribution in [2.45, 2.75) is 6.42 Å². The molecule has 5 heteroatoms. The lowest BCUT2D eigenvalue weighted by molar-refractivity contribution is 0.411. The predicted molar refractivity (Wildman–Crippen MR) is 88.2 cm³/mol. The number of nitrogens with zero attached hydrogens (tertiary/aromatic N) is 4. The second-order valence-corrected chi connectivity index (χ2v) is 5.27. The molecule has 1 aliphatic rings. The summed E-state index contributed by atoms with van der Waals surface area (Å²) in [6.07, 6.45) is 7.77. The SMILES string of the molecule is COc1cnc(-c2ccc3c(c2)N=C(c2cccnc2)C3)nc1. The molecule has 112 valence electrons. The van der Waals surface area contributed by atoms with E-state index in [2.05, 4.69) is 21.0 Å². The molecule has 23 heavy (non-hydrogen) atoms. The van der Waals surface area contributed by atoms with Crippen molar-refractivity contribution in [2.75, 3.05) is 7.11 Å². The Balaban J connectivity index is 1.68. The largest absolute Gasteiger partial charge is 0.494 e. The first kappa shape index (κ1) is 13.6. The highest BCUT2D eigenvalue weighted by Gasteiger charge is 2.17. The fraction of sp³-hybridized carbons (Fsp3) is 0.111. The van der Waals surface area contributed by atoms with Crippen molar-refractivity contribution in [3.63, 3.8) is 0 Å². The van der Waals surface area contributed by atoms with Crippen molar-refractivity contribution in [1.82, 2.24) is 15.0 Å². The molecule has 1 aromatic carbocycles. The zero-order valence-corrected chi connectivity index (χ0v) is 12.6. The van der Waals surface area contributed by atoms with Crippen LogP contribution in [0.15, 0.2) is 60.1 Å². The molecule has 0 fully saturated rings. The van der Waals surface area contributed by atoms with Crippen LogP contribution in [0.1, 0.15) is 11.1 Å². The number of aliphatic imine (C=N–C) groups is 1. The Morgan fingerprint density at radius 1 is 1.00 bits per heavy atom. The average Bonchev–Trinajstić information content (AvgIpc) is 3.06. The highest BCUT2D eigenvalue weighted by atomic mass is 16.5. The van der Waals surface area contributed by atoms with Gasteiger partial charge in [-0.25, -0.2) is 9.97 Å². The lowest BCUT2D eigenvalue weighted by Crippen LogP contribution is -2.00. The van der Waals surface area contributed by atoms with Gasteiger partial charge in [0.2, 0.25) is 0 Å². The molecule has 0 aliphatic carbocycles. The highest BCUT2D eigenvalue weighted by Crippen LogP contribution is 2.32. The molecule has 0 saturated heterocycles. The van der Waals surface area contributed by atoms with Crippen LogP contribution in [0.3, 0.4) is 0 Å². The van der Waals surface area contributed by atoms with E-state index < -0.39 is 0 Å². The standard InChI is InChI=1S/C18H14N4O/c1-23-15-10-20-18(21-11-15)13-5-4-12-7-17(22-16(12)8-13)14-3-2-6-19-9-14/h2-6,8-11H,7H2,1H3. The summed E-state index contributed by atoms with van der Waals surface area (Å²) < 4.78 is 5.09. The topological polar surface area (TPSA) is 60.3 Å². The first-order valence-corrected chi connectivity index (χ1v) is 7.31. The third-order valence-corrected chi connectivity index (χ3v) is 3.82. The average molecular weight is 302 g/mol. The molecule has 0 radical (unpaired) electrons. The van der Waals surface area contributed by atoms with Gasteiger partial charge in [0.25, 0.3) is 0 Å². The van der Waals surface area contributed by atoms with Gasteiger partial charge < -0.3 is 4.74 Å². The Labute approximate surface area is 133 Å². The summed E-state index contributed by atoms with van der Waals surface area (Å²) in [6.45, 7) is 0. The van der Waals surface area contributed by atoms with Gasteiger partial charge in [-0.05, 0) is 17.7 Å². The van der Waals surface area contributed by atoms with E-state index in [-0.39, 0.29) is 0 Å².